The summed E-state index contributed by atoms with van der Waals surface area (Å²) in [6.07, 6.45) is 2.08. The van der Waals surface area contributed by atoms with Crippen molar-refractivity contribution >= 4 is 5.97 Å². The molecule has 0 saturated carbocycles. The molecule has 0 unspecified atom stereocenters. The Kier molecular flexibility index (Phi) is 7.34. The van der Waals surface area contributed by atoms with Gasteiger partial charge in [0.05, 0.1) is 34.5 Å². The fourth-order valence-electron chi connectivity index (χ4n) is 2.85. The van der Waals surface area contributed by atoms with E-state index in [0.29, 0.717) is 19.1 Å². The van der Waals surface area contributed by atoms with Crippen molar-refractivity contribution in [2.24, 2.45) is 5.92 Å². The van der Waals surface area contributed by atoms with Gasteiger partial charge in [0.25, 0.3) is 0 Å². The first-order valence-corrected chi connectivity index (χ1v) is 8.23. The standard InChI is InChI=1S/C18H27NO5/c1-21-16-8-15(9-17(10-16)22-2)13-24-12-14-4-6-19(7-5-14)11-18(20)23-3/h8-10,14H,4-7,11-13H2,1-3H3. The Balaban J connectivity index is 1.72. The number of carbonyl (C=O) groups is 1. The average Bonchev–Trinajstić information content (AvgIpc) is 2.62. The molecule has 0 atom stereocenters. The molecule has 1 heterocycles. The van der Waals surface area contributed by atoms with Crippen LogP contribution < -0.4 is 9.47 Å². The van der Waals surface area contributed by atoms with Crippen LogP contribution in [0.25, 0.3) is 0 Å². The quantitative estimate of drug-likeness (QED) is 0.677. The molecule has 0 aromatic heterocycles. The van der Waals surface area contributed by atoms with E-state index in [9.17, 15) is 4.79 Å². The van der Waals surface area contributed by atoms with E-state index >= 15 is 0 Å². The first-order valence-electron chi connectivity index (χ1n) is 8.23. The largest absolute Gasteiger partial charge is 0.497 e. The van der Waals surface area contributed by atoms with Crippen LogP contribution >= 0.6 is 0 Å². The van der Waals surface area contributed by atoms with Gasteiger partial charge in [-0.15, -0.1) is 0 Å². The fourth-order valence-corrected chi connectivity index (χ4v) is 2.85. The maximum absolute atomic E-state index is 11.3. The van der Waals surface area contributed by atoms with Crippen molar-refractivity contribution < 1.29 is 23.7 Å². The van der Waals surface area contributed by atoms with Gasteiger partial charge in [-0.25, -0.2) is 0 Å². The highest BCUT2D eigenvalue weighted by atomic mass is 16.5. The third kappa shape index (κ3) is 5.69. The van der Waals surface area contributed by atoms with Gasteiger partial charge in [-0.05, 0) is 49.5 Å². The summed E-state index contributed by atoms with van der Waals surface area (Å²) in [5.74, 6) is 1.90. The van der Waals surface area contributed by atoms with Gasteiger partial charge in [-0.3, -0.25) is 9.69 Å². The topological polar surface area (TPSA) is 57.2 Å². The zero-order valence-electron chi connectivity index (χ0n) is 14.7. The molecule has 134 valence electrons. The number of carbonyl (C=O) groups excluding carboxylic acids is 1. The predicted octanol–water partition coefficient (Wildman–Crippen LogP) is 2.11. The monoisotopic (exact) mass is 337 g/mol. The molecule has 6 nitrogen and oxygen atoms in total. The van der Waals surface area contributed by atoms with Crippen molar-refractivity contribution in [2.75, 3.05) is 47.6 Å². The van der Waals surface area contributed by atoms with Crippen molar-refractivity contribution in [3.63, 3.8) is 0 Å². The zero-order chi connectivity index (χ0) is 17.4. The summed E-state index contributed by atoms with van der Waals surface area (Å²) in [6.45, 7) is 3.47. The van der Waals surface area contributed by atoms with E-state index in [-0.39, 0.29) is 5.97 Å². The van der Waals surface area contributed by atoms with Gasteiger partial charge in [0.15, 0.2) is 0 Å². The summed E-state index contributed by atoms with van der Waals surface area (Å²) in [4.78, 5) is 13.4. The van der Waals surface area contributed by atoms with Crippen molar-refractivity contribution in [1.82, 2.24) is 4.90 Å². The minimum Gasteiger partial charge on any atom is -0.497 e. The van der Waals surface area contributed by atoms with E-state index in [1.807, 2.05) is 18.2 Å². The molecule has 0 N–H and O–H groups in total. The lowest BCUT2D eigenvalue weighted by molar-refractivity contribution is -0.142. The zero-order valence-corrected chi connectivity index (χ0v) is 14.7. The lowest BCUT2D eigenvalue weighted by Crippen LogP contribution is -2.38. The number of piperidine rings is 1. The average molecular weight is 337 g/mol. The molecule has 1 fully saturated rings. The second-order valence-electron chi connectivity index (χ2n) is 6.03. The second kappa shape index (κ2) is 9.49. The molecule has 0 bridgehead atoms. The lowest BCUT2D eigenvalue weighted by atomic mass is 9.98. The molecule has 0 aliphatic carbocycles. The molecule has 1 aliphatic heterocycles. The number of likely N-dealkylation sites (tertiary alicyclic amines) is 1. The fraction of sp³-hybridized carbons (Fsp3) is 0.611. The van der Waals surface area contributed by atoms with Gasteiger partial charge in [-0.2, -0.15) is 0 Å². The summed E-state index contributed by atoms with van der Waals surface area (Å²) < 4.78 is 21.1. The van der Waals surface area contributed by atoms with Crippen LogP contribution in [-0.4, -0.2) is 58.4 Å². The molecule has 0 spiro atoms. The van der Waals surface area contributed by atoms with Crippen LogP contribution in [0.3, 0.4) is 0 Å². The summed E-state index contributed by atoms with van der Waals surface area (Å²) in [5.41, 5.74) is 1.04. The van der Waals surface area contributed by atoms with E-state index in [0.717, 1.165) is 49.6 Å². The molecule has 6 heteroatoms. The van der Waals surface area contributed by atoms with Crippen LogP contribution in [-0.2, 0) is 20.9 Å². The Hall–Kier alpha value is -1.79. The van der Waals surface area contributed by atoms with Crippen molar-refractivity contribution in [1.29, 1.82) is 0 Å². The maximum atomic E-state index is 11.3. The van der Waals surface area contributed by atoms with Crippen LogP contribution in [0.15, 0.2) is 18.2 Å². The van der Waals surface area contributed by atoms with E-state index < -0.39 is 0 Å². The molecule has 24 heavy (non-hydrogen) atoms. The Bertz CT molecular complexity index is 504. The predicted molar refractivity (Wildman–Crippen MR) is 90.4 cm³/mol. The van der Waals surface area contributed by atoms with Crippen molar-refractivity contribution in [3.8, 4) is 11.5 Å². The van der Waals surface area contributed by atoms with Crippen LogP contribution in [0, 0.1) is 5.92 Å². The SMILES string of the molecule is COC(=O)CN1CCC(COCc2cc(OC)cc(OC)c2)CC1. The van der Waals surface area contributed by atoms with E-state index in [4.69, 9.17) is 18.9 Å². The lowest BCUT2D eigenvalue weighted by Gasteiger charge is -2.30. The second-order valence-corrected chi connectivity index (χ2v) is 6.03. The summed E-state index contributed by atoms with van der Waals surface area (Å²) in [6, 6.07) is 5.77. The smallest absolute Gasteiger partial charge is 0.319 e. The molecule has 0 amide bonds. The number of hydrogen-bond donors (Lipinski definition) is 0. The highest BCUT2D eigenvalue weighted by Gasteiger charge is 2.21. The van der Waals surface area contributed by atoms with Crippen LogP contribution in [0.2, 0.25) is 0 Å². The number of benzene rings is 1. The summed E-state index contributed by atoms with van der Waals surface area (Å²) in [7, 11) is 4.71. The molecule has 1 aromatic rings. The van der Waals surface area contributed by atoms with Crippen LogP contribution in [0.1, 0.15) is 18.4 Å². The number of ether oxygens (including phenoxy) is 4. The van der Waals surface area contributed by atoms with Gasteiger partial charge in [0.2, 0.25) is 0 Å². The van der Waals surface area contributed by atoms with Crippen molar-refractivity contribution in [2.45, 2.75) is 19.4 Å². The van der Waals surface area contributed by atoms with Gasteiger partial charge in [0, 0.05) is 12.7 Å². The number of nitrogens with zero attached hydrogens (tertiary/aromatic N) is 1. The van der Waals surface area contributed by atoms with E-state index in [2.05, 4.69) is 4.90 Å². The van der Waals surface area contributed by atoms with Crippen molar-refractivity contribution in [3.05, 3.63) is 23.8 Å². The molecular formula is C18H27NO5. The van der Waals surface area contributed by atoms with Gasteiger partial charge in [0.1, 0.15) is 11.5 Å². The molecule has 2 rings (SSSR count). The minimum absolute atomic E-state index is 0.170. The summed E-state index contributed by atoms with van der Waals surface area (Å²) in [5, 5.41) is 0. The van der Waals surface area contributed by atoms with E-state index in [1.54, 1.807) is 14.2 Å². The molecule has 1 saturated heterocycles. The van der Waals surface area contributed by atoms with Crippen LogP contribution in [0.4, 0.5) is 0 Å². The first kappa shape index (κ1) is 18.5. The third-order valence-corrected chi connectivity index (χ3v) is 4.32. The number of esters is 1. The molecule has 1 aliphatic rings. The Labute approximate surface area is 143 Å². The highest BCUT2D eigenvalue weighted by Crippen LogP contribution is 2.23. The normalized spacial score (nSPS) is 16.0. The number of methoxy groups -OCH3 is 3. The van der Waals surface area contributed by atoms with Gasteiger partial charge < -0.3 is 18.9 Å². The summed E-state index contributed by atoms with van der Waals surface area (Å²) >= 11 is 0. The Morgan fingerprint density at radius 3 is 2.25 bits per heavy atom. The minimum atomic E-state index is -0.170. The Morgan fingerprint density at radius 2 is 1.71 bits per heavy atom. The first-order chi connectivity index (χ1) is 11.6. The molecule has 0 radical (unpaired) electrons. The maximum Gasteiger partial charge on any atom is 0.319 e. The van der Waals surface area contributed by atoms with Crippen LogP contribution in [0.5, 0.6) is 11.5 Å². The Morgan fingerprint density at radius 1 is 1.08 bits per heavy atom. The number of hydrogen-bond acceptors (Lipinski definition) is 6. The molecule has 1 aromatic carbocycles. The van der Waals surface area contributed by atoms with Gasteiger partial charge >= 0.3 is 5.97 Å². The highest BCUT2D eigenvalue weighted by molar-refractivity contribution is 5.71. The molecular weight excluding hydrogens is 310 g/mol. The van der Waals surface area contributed by atoms with E-state index in [1.165, 1.54) is 7.11 Å². The van der Waals surface area contributed by atoms with Gasteiger partial charge in [-0.1, -0.05) is 0 Å². The third-order valence-electron chi connectivity index (χ3n) is 4.32. The number of rotatable bonds is 8.